The van der Waals surface area contributed by atoms with Gasteiger partial charge in [-0.25, -0.2) is 4.79 Å². The van der Waals surface area contributed by atoms with Crippen LogP contribution in [-0.2, 0) is 9.59 Å². The van der Waals surface area contributed by atoms with Crippen LogP contribution in [0, 0.1) is 11.8 Å². The molecular weight excluding hydrogens is 302 g/mol. The molecular formula is C16H17NO4S. The summed E-state index contributed by atoms with van der Waals surface area (Å²) in [6, 6.07) is 9.24. The molecule has 1 unspecified atom stereocenters. The second-order valence-electron chi connectivity index (χ2n) is 5.69. The molecule has 2 aliphatic rings. The summed E-state index contributed by atoms with van der Waals surface area (Å²) in [7, 11) is 0. The monoisotopic (exact) mass is 319 g/mol. The minimum atomic E-state index is -1.09. The molecule has 1 amide bonds. The molecule has 2 N–H and O–H groups in total. The average Bonchev–Trinajstić information content (AvgIpc) is 2.70. The van der Waals surface area contributed by atoms with Crippen molar-refractivity contribution in [3.63, 3.8) is 0 Å². The van der Waals surface area contributed by atoms with Crippen LogP contribution in [0.2, 0.25) is 0 Å². The van der Waals surface area contributed by atoms with Crippen LogP contribution >= 0.6 is 11.8 Å². The van der Waals surface area contributed by atoms with Gasteiger partial charge in [0.05, 0.1) is 18.1 Å². The molecule has 0 radical (unpaired) electrons. The van der Waals surface area contributed by atoms with Gasteiger partial charge in [0.15, 0.2) is 0 Å². The molecule has 5 nitrogen and oxygen atoms in total. The Hall–Kier alpha value is -1.79. The van der Waals surface area contributed by atoms with Crippen molar-refractivity contribution < 1.29 is 19.8 Å². The van der Waals surface area contributed by atoms with Crippen molar-refractivity contribution in [2.24, 2.45) is 11.8 Å². The largest absolute Gasteiger partial charge is 0.477 e. The van der Waals surface area contributed by atoms with E-state index in [0.29, 0.717) is 4.91 Å². The van der Waals surface area contributed by atoms with Crippen LogP contribution in [0.5, 0.6) is 0 Å². The first-order chi connectivity index (χ1) is 10.4. The summed E-state index contributed by atoms with van der Waals surface area (Å²) < 4.78 is 0. The number of fused-ring (bicyclic) bond motifs is 1. The highest BCUT2D eigenvalue weighted by molar-refractivity contribution is 8.03. The molecule has 0 bridgehead atoms. The molecule has 1 saturated heterocycles. The number of carbonyl (C=O) groups is 2. The Bertz CT molecular complexity index is 655. The second-order valence-corrected chi connectivity index (χ2v) is 6.80. The molecule has 0 spiro atoms. The third-order valence-electron chi connectivity index (χ3n) is 4.28. The lowest BCUT2D eigenvalue weighted by Crippen LogP contribution is -2.63. The van der Waals surface area contributed by atoms with Crippen molar-refractivity contribution in [1.82, 2.24) is 4.90 Å². The highest BCUT2D eigenvalue weighted by Gasteiger charge is 2.60. The summed E-state index contributed by atoms with van der Waals surface area (Å²) in [5.41, 5.74) is 0.0632. The van der Waals surface area contributed by atoms with Crippen LogP contribution in [0.25, 0.3) is 0 Å². The molecule has 116 valence electrons. The van der Waals surface area contributed by atoms with Crippen LogP contribution in [0.15, 0.2) is 45.8 Å². The Morgan fingerprint density at radius 1 is 1.32 bits per heavy atom. The molecule has 0 saturated carbocycles. The Balaban J connectivity index is 1.97. The first kappa shape index (κ1) is 15.1. The van der Waals surface area contributed by atoms with E-state index >= 15 is 0 Å². The first-order valence-electron chi connectivity index (χ1n) is 7.15. The standard InChI is InChI=1S/C16H17NO4S/c1-8-12-11(9(2)18)15(19)17(12)13(16(20)21)14(8)22-10-6-4-3-5-7-10/h3-9,11-12,18H,1-2H3,(H,20,21)/t8?,9-,11-,12-/m1/s1. The van der Waals surface area contributed by atoms with E-state index in [9.17, 15) is 19.8 Å². The molecule has 1 fully saturated rings. The van der Waals surface area contributed by atoms with Crippen LogP contribution < -0.4 is 0 Å². The topological polar surface area (TPSA) is 77.8 Å². The van der Waals surface area contributed by atoms with Crippen molar-refractivity contribution >= 4 is 23.6 Å². The number of amides is 1. The Labute approximate surface area is 132 Å². The minimum Gasteiger partial charge on any atom is -0.477 e. The summed E-state index contributed by atoms with van der Waals surface area (Å²) in [4.78, 5) is 26.8. The fourth-order valence-corrected chi connectivity index (χ4v) is 4.43. The van der Waals surface area contributed by atoms with Crippen molar-refractivity contribution in [3.8, 4) is 0 Å². The zero-order chi connectivity index (χ0) is 16.0. The molecule has 0 aliphatic carbocycles. The predicted octanol–water partition coefficient (Wildman–Crippen LogP) is 1.93. The van der Waals surface area contributed by atoms with Gasteiger partial charge in [-0.05, 0) is 19.1 Å². The molecule has 6 heteroatoms. The van der Waals surface area contributed by atoms with Gasteiger partial charge in [0.25, 0.3) is 0 Å². The smallest absolute Gasteiger partial charge is 0.353 e. The maximum absolute atomic E-state index is 12.2. The number of benzene rings is 1. The average molecular weight is 319 g/mol. The van der Waals surface area contributed by atoms with E-state index in [1.807, 2.05) is 37.3 Å². The van der Waals surface area contributed by atoms with Crippen LogP contribution in [0.1, 0.15) is 13.8 Å². The highest BCUT2D eigenvalue weighted by atomic mass is 32.2. The molecule has 22 heavy (non-hydrogen) atoms. The number of carbonyl (C=O) groups excluding carboxylic acids is 1. The molecule has 2 aliphatic heterocycles. The number of hydrogen-bond donors (Lipinski definition) is 2. The number of β-lactam (4-membered cyclic amide) rings is 1. The Morgan fingerprint density at radius 2 is 1.95 bits per heavy atom. The maximum atomic E-state index is 12.2. The fraction of sp³-hybridized carbons (Fsp3) is 0.375. The van der Waals surface area contributed by atoms with Gasteiger partial charge in [0.1, 0.15) is 5.70 Å². The van der Waals surface area contributed by atoms with E-state index < -0.39 is 18.0 Å². The number of hydrogen-bond acceptors (Lipinski definition) is 4. The lowest BCUT2D eigenvalue weighted by molar-refractivity contribution is -0.163. The van der Waals surface area contributed by atoms with Gasteiger partial charge in [0.2, 0.25) is 5.91 Å². The van der Waals surface area contributed by atoms with Crippen LogP contribution in [0.3, 0.4) is 0 Å². The lowest BCUT2D eigenvalue weighted by atomic mass is 9.79. The quantitative estimate of drug-likeness (QED) is 0.829. The predicted molar refractivity (Wildman–Crippen MR) is 81.9 cm³/mol. The third kappa shape index (κ3) is 2.14. The number of carboxylic acids is 1. The lowest BCUT2D eigenvalue weighted by Gasteiger charge is -2.46. The number of rotatable bonds is 4. The number of aliphatic hydroxyl groups is 1. The first-order valence-corrected chi connectivity index (χ1v) is 7.96. The van der Waals surface area contributed by atoms with E-state index in [2.05, 4.69) is 0 Å². The molecule has 1 aromatic rings. The summed E-state index contributed by atoms with van der Waals surface area (Å²) in [5, 5.41) is 19.3. The van der Waals surface area contributed by atoms with Gasteiger partial charge in [-0.15, -0.1) is 0 Å². The zero-order valence-corrected chi connectivity index (χ0v) is 13.1. The van der Waals surface area contributed by atoms with Gasteiger partial charge in [0, 0.05) is 15.7 Å². The summed E-state index contributed by atoms with van der Waals surface area (Å²) in [5.74, 6) is -2.01. The van der Waals surface area contributed by atoms with Crippen molar-refractivity contribution in [2.75, 3.05) is 0 Å². The van der Waals surface area contributed by atoms with Crippen molar-refractivity contribution in [3.05, 3.63) is 40.9 Å². The molecule has 1 aromatic carbocycles. The minimum absolute atomic E-state index is 0.0632. The van der Waals surface area contributed by atoms with Gasteiger partial charge in [-0.1, -0.05) is 36.9 Å². The molecule has 3 rings (SSSR count). The Morgan fingerprint density at radius 3 is 2.50 bits per heavy atom. The SMILES string of the molecule is CC1C(Sc2ccccc2)=C(C(=O)O)N2C(=O)[C@H]([C@@H](C)O)[C@@H]12. The van der Waals surface area contributed by atoms with Crippen molar-refractivity contribution in [2.45, 2.75) is 30.9 Å². The Kier molecular flexibility index (Phi) is 3.74. The normalized spacial score (nSPS) is 28.4. The number of aliphatic hydroxyl groups excluding tert-OH is 1. The number of carboxylic acid groups (broad SMARTS) is 1. The van der Waals surface area contributed by atoms with E-state index in [0.717, 1.165) is 4.90 Å². The van der Waals surface area contributed by atoms with Crippen LogP contribution in [-0.4, -0.2) is 39.1 Å². The van der Waals surface area contributed by atoms with Gasteiger partial charge in [-0.2, -0.15) is 0 Å². The van der Waals surface area contributed by atoms with E-state index in [4.69, 9.17) is 0 Å². The van der Waals surface area contributed by atoms with Gasteiger partial charge in [-0.3, -0.25) is 4.79 Å². The molecule has 0 aromatic heterocycles. The zero-order valence-electron chi connectivity index (χ0n) is 12.3. The van der Waals surface area contributed by atoms with E-state index in [-0.39, 0.29) is 23.6 Å². The fourth-order valence-electron chi connectivity index (χ4n) is 3.27. The number of thioether (sulfide) groups is 1. The third-order valence-corrected chi connectivity index (χ3v) is 5.58. The van der Waals surface area contributed by atoms with E-state index in [1.165, 1.54) is 16.7 Å². The van der Waals surface area contributed by atoms with E-state index in [1.54, 1.807) is 6.92 Å². The second kappa shape index (κ2) is 5.44. The molecule has 4 atom stereocenters. The maximum Gasteiger partial charge on any atom is 0.353 e. The number of nitrogens with zero attached hydrogens (tertiary/aromatic N) is 1. The van der Waals surface area contributed by atoms with Crippen molar-refractivity contribution in [1.29, 1.82) is 0 Å². The van der Waals surface area contributed by atoms with Crippen LogP contribution in [0.4, 0.5) is 0 Å². The number of aliphatic carboxylic acids is 1. The molecule has 2 heterocycles. The highest BCUT2D eigenvalue weighted by Crippen LogP contribution is 2.51. The summed E-state index contributed by atoms with van der Waals surface area (Å²) in [6.07, 6.45) is -0.771. The summed E-state index contributed by atoms with van der Waals surface area (Å²) >= 11 is 1.38. The van der Waals surface area contributed by atoms with Gasteiger partial charge < -0.3 is 15.1 Å². The van der Waals surface area contributed by atoms with Gasteiger partial charge >= 0.3 is 5.97 Å². The summed E-state index contributed by atoms with van der Waals surface area (Å²) in [6.45, 7) is 3.50.